The molecule has 0 radical (unpaired) electrons. The third-order valence-electron chi connectivity index (χ3n) is 10.8. The molecule has 0 atom stereocenters. The van der Waals surface area contributed by atoms with Gasteiger partial charge in [-0.3, -0.25) is 0 Å². The highest BCUT2D eigenvalue weighted by Gasteiger charge is 2.23. The van der Waals surface area contributed by atoms with E-state index in [-0.39, 0.29) is 0 Å². The van der Waals surface area contributed by atoms with Crippen LogP contribution in [-0.4, -0.2) is 4.98 Å². The quantitative estimate of drug-likeness (QED) is 0.156. The van der Waals surface area contributed by atoms with Crippen LogP contribution in [-0.2, 0) is 0 Å². The minimum atomic E-state index is 0.591. The highest BCUT2D eigenvalue weighted by atomic mass is 16.3. The summed E-state index contributed by atoms with van der Waals surface area (Å²) in [5, 5.41) is 0. The fourth-order valence-electron chi connectivity index (χ4n) is 7.83. The fourth-order valence-corrected chi connectivity index (χ4v) is 7.83. The number of oxazole rings is 1. The molecule has 0 bridgehead atoms. The van der Waals surface area contributed by atoms with Gasteiger partial charge in [0.05, 0.1) is 0 Å². The first-order valence-corrected chi connectivity index (χ1v) is 19.4. The molecule has 57 heavy (non-hydrogen) atoms. The van der Waals surface area contributed by atoms with Crippen molar-refractivity contribution in [1.29, 1.82) is 0 Å². The topological polar surface area (TPSA) is 26.0 Å². The van der Waals surface area contributed by atoms with E-state index in [9.17, 15) is 0 Å². The molecule has 0 N–H and O–H groups in total. The van der Waals surface area contributed by atoms with E-state index in [1.807, 2.05) is 6.07 Å². The number of hydrogen-bond acceptors (Lipinski definition) is 2. The molecule has 10 aromatic rings. The zero-order valence-corrected chi connectivity index (χ0v) is 31.2. The molecule has 0 aliphatic heterocycles. The third kappa shape index (κ3) is 6.75. The van der Waals surface area contributed by atoms with E-state index in [1.54, 1.807) is 0 Å². The van der Waals surface area contributed by atoms with Gasteiger partial charge in [0.25, 0.3) is 0 Å². The Morgan fingerprint density at radius 2 is 0.561 bits per heavy atom. The highest BCUT2D eigenvalue weighted by Crippen LogP contribution is 2.46. The van der Waals surface area contributed by atoms with Crippen molar-refractivity contribution in [2.24, 2.45) is 0 Å². The molecule has 0 spiro atoms. The summed E-state index contributed by atoms with van der Waals surface area (Å²) in [6.45, 7) is 0. The van der Waals surface area contributed by atoms with Crippen molar-refractivity contribution < 1.29 is 4.42 Å². The highest BCUT2D eigenvalue weighted by molar-refractivity contribution is 6.07. The summed E-state index contributed by atoms with van der Waals surface area (Å²) < 4.78 is 6.77. The monoisotopic (exact) mass is 727 g/mol. The maximum atomic E-state index is 6.77. The molecule has 10 rings (SSSR count). The molecule has 268 valence electrons. The summed E-state index contributed by atoms with van der Waals surface area (Å²) in [6, 6.07) is 79.4. The number of aromatic nitrogens is 1. The first kappa shape index (κ1) is 34.0. The molecular weight excluding hydrogens is 691 g/mol. The van der Waals surface area contributed by atoms with Gasteiger partial charge in [0.1, 0.15) is 5.52 Å². The van der Waals surface area contributed by atoms with Gasteiger partial charge < -0.3 is 4.42 Å². The maximum absolute atomic E-state index is 6.77. The Hall–Kier alpha value is -7.55. The summed E-state index contributed by atoms with van der Waals surface area (Å²) in [6.07, 6.45) is 0. The molecule has 0 saturated heterocycles. The lowest BCUT2D eigenvalue weighted by molar-refractivity contribution is 0.620. The van der Waals surface area contributed by atoms with Crippen molar-refractivity contribution in [3.8, 4) is 89.3 Å². The fraction of sp³-hybridized carbons (Fsp3) is 0. The Kier molecular flexibility index (Phi) is 8.91. The molecule has 0 saturated carbocycles. The van der Waals surface area contributed by atoms with E-state index in [0.717, 1.165) is 61.2 Å². The minimum absolute atomic E-state index is 0.591. The van der Waals surface area contributed by atoms with Crippen LogP contribution in [0.1, 0.15) is 0 Å². The Morgan fingerprint density at radius 1 is 0.263 bits per heavy atom. The minimum Gasteiger partial charge on any atom is -0.436 e. The van der Waals surface area contributed by atoms with Crippen molar-refractivity contribution >= 4 is 11.1 Å². The predicted molar refractivity (Wildman–Crippen MR) is 237 cm³/mol. The van der Waals surface area contributed by atoms with Crippen molar-refractivity contribution in [2.75, 3.05) is 0 Å². The average Bonchev–Trinajstić information content (AvgIpc) is 3.74. The molecular formula is C55H37NO. The lowest BCUT2D eigenvalue weighted by Gasteiger charge is -2.18. The van der Waals surface area contributed by atoms with Crippen molar-refractivity contribution in [2.45, 2.75) is 0 Å². The Morgan fingerprint density at radius 3 is 0.947 bits per heavy atom. The van der Waals surface area contributed by atoms with E-state index in [4.69, 9.17) is 9.40 Å². The van der Waals surface area contributed by atoms with Crippen LogP contribution in [0.4, 0.5) is 0 Å². The van der Waals surface area contributed by atoms with E-state index >= 15 is 0 Å². The standard InChI is InChI=1S/C55H37NO/c1-5-13-38(14-6-1)42-21-29-46(30-22-42)50-37-51-54(56-55(57-51)49-35-27-45(28-36-49)41-19-11-4-12-20-41)53(48-33-25-44(26-34-48)40-17-9-3-10-18-40)52(50)47-31-23-43(24-32-47)39-15-7-2-8-16-39/h1-37H. The van der Waals surface area contributed by atoms with Crippen molar-refractivity contribution in [3.05, 3.63) is 224 Å². The van der Waals surface area contributed by atoms with Crippen molar-refractivity contribution in [3.63, 3.8) is 0 Å². The first-order valence-electron chi connectivity index (χ1n) is 19.4. The largest absolute Gasteiger partial charge is 0.436 e. The van der Waals surface area contributed by atoms with Gasteiger partial charge >= 0.3 is 0 Å². The SMILES string of the molecule is c1ccc(-c2ccc(-c3nc4c(-c5ccc(-c6ccccc6)cc5)c(-c5ccc(-c6ccccc6)cc5)c(-c5ccc(-c6ccccc6)cc5)cc4o3)cc2)cc1. The van der Waals surface area contributed by atoms with Crippen LogP contribution >= 0.6 is 0 Å². The second-order valence-electron chi connectivity index (χ2n) is 14.3. The van der Waals surface area contributed by atoms with Gasteiger partial charge in [0, 0.05) is 11.1 Å². The third-order valence-corrected chi connectivity index (χ3v) is 10.8. The Labute approximate surface area is 333 Å². The average molecular weight is 728 g/mol. The summed E-state index contributed by atoms with van der Waals surface area (Å²) >= 11 is 0. The normalized spacial score (nSPS) is 11.2. The lowest BCUT2D eigenvalue weighted by atomic mass is 9.85. The zero-order valence-electron chi connectivity index (χ0n) is 31.2. The van der Waals surface area contributed by atoms with Gasteiger partial charge in [-0.2, -0.15) is 0 Å². The van der Waals surface area contributed by atoms with Crippen LogP contribution in [0.15, 0.2) is 229 Å². The molecule has 2 nitrogen and oxygen atoms in total. The van der Waals surface area contributed by atoms with Crippen LogP contribution < -0.4 is 0 Å². The van der Waals surface area contributed by atoms with E-state index in [0.29, 0.717) is 5.89 Å². The van der Waals surface area contributed by atoms with Crippen LogP contribution in [0.25, 0.3) is 100 Å². The second-order valence-corrected chi connectivity index (χ2v) is 14.3. The molecule has 9 aromatic carbocycles. The molecule has 2 heteroatoms. The van der Waals surface area contributed by atoms with Gasteiger partial charge in [-0.15, -0.1) is 0 Å². The number of hydrogen-bond donors (Lipinski definition) is 0. The van der Waals surface area contributed by atoms with Crippen LogP contribution in [0, 0.1) is 0 Å². The van der Waals surface area contributed by atoms with Crippen molar-refractivity contribution in [1.82, 2.24) is 4.98 Å². The maximum Gasteiger partial charge on any atom is 0.227 e. The summed E-state index contributed by atoms with van der Waals surface area (Å²) in [4.78, 5) is 5.32. The van der Waals surface area contributed by atoms with Gasteiger partial charge in [-0.05, 0) is 90.5 Å². The van der Waals surface area contributed by atoms with Gasteiger partial charge in [-0.1, -0.05) is 206 Å². The summed E-state index contributed by atoms with van der Waals surface area (Å²) in [5.41, 5.74) is 18.4. The molecule has 1 heterocycles. The number of benzene rings is 9. The molecule has 0 aliphatic carbocycles. The Balaban J connectivity index is 1.19. The first-order chi connectivity index (χ1) is 28.2. The number of rotatable bonds is 8. The molecule has 1 aromatic heterocycles. The van der Waals surface area contributed by atoms with E-state index in [1.165, 1.54) is 33.4 Å². The Bertz CT molecular complexity index is 2920. The van der Waals surface area contributed by atoms with E-state index in [2.05, 4.69) is 218 Å². The predicted octanol–water partition coefficient (Wildman–Crippen LogP) is 15.2. The van der Waals surface area contributed by atoms with Gasteiger partial charge in [0.15, 0.2) is 5.58 Å². The molecule has 0 unspecified atom stereocenters. The second kappa shape index (κ2) is 14.9. The molecule has 0 aliphatic rings. The van der Waals surface area contributed by atoms with Crippen LogP contribution in [0.2, 0.25) is 0 Å². The van der Waals surface area contributed by atoms with Crippen LogP contribution in [0.5, 0.6) is 0 Å². The van der Waals surface area contributed by atoms with E-state index < -0.39 is 0 Å². The number of fused-ring (bicyclic) bond motifs is 1. The van der Waals surface area contributed by atoms with Gasteiger partial charge in [-0.25, -0.2) is 4.98 Å². The summed E-state index contributed by atoms with van der Waals surface area (Å²) in [5.74, 6) is 0.591. The summed E-state index contributed by atoms with van der Waals surface area (Å²) in [7, 11) is 0. The molecule has 0 amide bonds. The lowest BCUT2D eigenvalue weighted by Crippen LogP contribution is -1.93. The molecule has 0 fully saturated rings. The number of nitrogens with zero attached hydrogens (tertiary/aromatic N) is 1. The zero-order chi connectivity index (χ0) is 38.0. The van der Waals surface area contributed by atoms with Crippen LogP contribution in [0.3, 0.4) is 0 Å². The van der Waals surface area contributed by atoms with Gasteiger partial charge in [0.2, 0.25) is 5.89 Å². The smallest absolute Gasteiger partial charge is 0.227 e.